The Kier molecular flexibility index (Phi) is 5.66. The van der Waals surface area contributed by atoms with E-state index in [1.54, 1.807) is 44.2 Å². The third-order valence-electron chi connectivity index (χ3n) is 4.78. The molecule has 138 valence electrons. The second-order valence-electron chi connectivity index (χ2n) is 6.70. The number of benzene rings is 2. The van der Waals surface area contributed by atoms with Crippen LogP contribution < -0.4 is 16.2 Å². The van der Waals surface area contributed by atoms with E-state index >= 15 is 0 Å². The molecule has 1 fully saturated rings. The molecule has 3 rings (SSSR count). The quantitative estimate of drug-likeness (QED) is 0.664. The zero-order valence-electron chi connectivity index (χ0n) is 14.9. The molecule has 2 atom stereocenters. The van der Waals surface area contributed by atoms with Crippen molar-refractivity contribution >= 4 is 5.91 Å². The smallest absolute Gasteiger partial charge is 0.251 e. The first kappa shape index (κ1) is 18.5. The fourth-order valence-corrected chi connectivity index (χ4v) is 3.32. The van der Waals surface area contributed by atoms with Gasteiger partial charge in [0.25, 0.3) is 5.91 Å². The van der Waals surface area contributed by atoms with Gasteiger partial charge in [-0.1, -0.05) is 24.3 Å². The number of halogens is 1. The number of nitrogens with one attached hydrogen (secondary N) is 3. The van der Waals surface area contributed by atoms with E-state index in [4.69, 9.17) is 0 Å². The predicted octanol–water partition coefficient (Wildman–Crippen LogP) is 2.56. The summed E-state index contributed by atoms with van der Waals surface area (Å²) in [5.74, 6) is -0.396. The molecular weight excluding hydrogens is 333 g/mol. The van der Waals surface area contributed by atoms with Crippen LogP contribution in [-0.2, 0) is 0 Å². The van der Waals surface area contributed by atoms with Crippen molar-refractivity contribution < 1.29 is 14.3 Å². The summed E-state index contributed by atoms with van der Waals surface area (Å²) in [7, 11) is 0. The largest absolute Gasteiger partial charge is 0.389 e. The number of carbonyl (C=O) groups is 1. The highest BCUT2D eigenvalue weighted by Gasteiger charge is 2.23. The zero-order chi connectivity index (χ0) is 18.7. The van der Waals surface area contributed by atoms with E-state index in [0.717, 1.165) is 24.2 Å². The summed E-state index contributed by atoms with van der Waals surface area (Å²) < 4.78 is 13.9. The van der Waals surface area contributed by atoms with E-state index < -0.39 is 12.1 Å². The molecule has 6 heteroatoms. The Morgan fingerprint density at radius 1 is 1.15 bits per heavy atom. The fourth-order valence-electron chi connectivity index (χ4n) is 3.32. The van der Waals surface area contributed by atoms with Gasteiger partial charge in [-0.3, -0.25) is 15.6 Å². The average molecular weight is 357 g/mol. The summed E-state index contributed by atoms with van der Waals surface area (Å²) in [4.78, 5) is 12.6. The third-order valence-corrected chi connectivity index (χ3v) is 4.78. The summed E-state index contributed by atoms with van der Waals surface area (Å²) in [6.45, 7) is 4.99. The van der Waals surface area contributed by atoms with Crippen LogP contribution in [0.4, 0.5) is 4.39 Å². The van der Waals surface area contributed by atoms with Crippen LogP contribution in [0.1, 0.15) is 59.0 Å². The first-order valence-corrected chi connectivity index (χ1v) is 8.80. The summed E-state index contributed by atoms with van der Waals surface area (Å²) in [6, 6.07) is 11.3. The molecule has 1 aliphatic heterocycles. The lowest BCUT2D eigenvalue weighted by Gasteiger charge is -2.19. The summed E-state index contributed by atoms with van der Waals surface area (Å²) in [5, 5.41) is 13.0. The Balaban J connectivity index is 1.81. The van der Waals surface area contributed by atoms with Gasteiger partial charge in [0, 0.05) is 30.1 Å². The molecule has 0 radical (unpaired) electrons. The van der Waals surface area contributed by atoms with Crippen LogP contribution in [0.25, 0.3) is 0 Å². The first-order chi connectivity index (χ1) is 12.5. The van der Waals surface area contributed by atoms with E-state index in [0.29, 0.717) is 11.1 Å². The minimum atomic E-state index is -0.678. The lowest BCUT2D eigenvalue weighted by Crippen LogP contribution is -2.27. The molecule has 1 aliphatic rings. The predicted molar refractivity (Wildman–Crippen MR) is 98.1 cm³/mol. The third kappa shape index (κ3) is 3.93. The lowest BCUT2D eigenvalue weighted by atomic mass is 9.90. The second kappa shape index (κ2) is 7.95. The van der Waals surface area contributed by atoms with Gasteiger partial charge in [0.1, 0.15) is 5.82 Å². The van der Waals surface area contributed by atoms with Crippen LogP contribution in [0.5, 0.6) is 0 Å². The van der Waals surface area contributed by atoms with E-state index in [-0.39, 0.29) is 17.6 Å². The van der Waals surface area contributed by atoms with E-state index in [2.05, 4.69) is 16.2 Å². The fraction of sp³-hybridized carbons (Fsp3) is 0.350. The molecule has 2 aromatic carbocycles. The number of aliphatic hydroxyl groups excluding tert-OH is 1. The summed E-state index contributed by atoms with van der Waals surface area (Å²) in [5.41, 5.74) is 8.81. The SMILES string of the molecule is CC(O)c1cc(C(=O)NC(C)c2ccccc2F)ccc1C1CNNC1. The molecule has 1 heterocycles. The molecule has 4 N–H and O–H groups in total. The van der Waals surface area contributed by atoms with Gasteiger partial charge in [0.05, 0.1) is 12.1 Å². The number of amides is 1. The van der Waals surface area contributed by atoms with Crippen LogP contribution in [0.3, 0.4) is 0 Å². The van der Waals surface area contributed by atoms with Crippen molar-refractivity contribution in [2.45, 2.75) is 31.9 Å². The molecule has 0 spiro atoms. The molecule has 1 saturated heterocycles. The van der Waals surface area contributed by atoms with Gasteiger partial charge in [-0.05, 0) is 43.2 Å². The van der Waals surface area contributed by atoms with Crippen LogP contribution in [0.2, 0.25) is 0 Å². The zero-order valence-corrected chi connectivity index (χ0v) is 14.9. The monoisotopic (exact) mass is 357 g/mol. The number of hydrazine groups is 1. The van der Waals surface area contributed by atoms with Gasteiger partial charge in [-0.15, -0.1) is 0 Å². The van der Waals surface area contributed by atoms with Gasteiger partial charge in [0.15, 0.2) is 0 Å². The minimum Gasteiger partial charge on any atom is -0.389 e. The van der Waals surface area contributed by atoms with Crippen molar-refractivity contribution in [3.8, 4) is 0 Å². The Morgan fingerprint density at radius 2 is 1.85 bits per heavy atom. The van der Waals surface area contributed by atoms with Crippen LogP contribution in [0.15, 0.2) is 42.5 Å². The molecule has 1 amide bonds. The maximum absolute atomic E-state index is 13.9. The van der Waals surface area contributed by atoms with Crippen molar-refractivity contribution in [1.82, 2.24) is 16.2 Å². The molecule has 26 heavy (non-hydrogen) atoms. The van der Waals surface area contributed by atoms with Crippen molar-refractivity contribution in [3.05, 3.63) is 70.5 Å². The number of hydrogen-bond donors (Lipinski definition) is 4. The number of rotatable bonds is 5. The maximum atomic E-state index is 13.9. The molecule has 2 unspecified atom stereocenters. The van der Waals surface area contributed by atoms with Crippen molar-refractivity contribution in [3.63, 3.8) is 0 Å². The van der Waals surface area contributed by atoms with Crippen molar-refractivity contribution in [2.75, 3.05) is 13.1 Å². The summed E-state index contributed by atoms with van der Waals surface area (Å²) >= 11 is 0. The Hall–Kier alpha value is -2.28. The highest BCUT2D eigenvalue weighted by molar-refractivity contribution is 5.94. The van der Waals surface area contributed by atoms with Gasteiger partial charge < -0.3 is 10.4 Å². The first-order valence-electron chi connectivity index (χ1n) is 8.80. The number of aliphatic hydroxyl groups is 1. The molecule has 0 bridgehead atoms. The highest BCUT2D eigenvalue weighted by Crippen LogP contribution is 2.27. The molecule has 0 saturated carbocycles. The van der Waals surface area contributed by atoms with Crippen LogP contribution in [-0.4, -0.2) is 24.1 Å². The molecule has 0 aliphatic carbocycles. The molecule has 0 aromatic heterocycles. The van der Waals surface area contributed by atoms with E-state index in [1.165, 1.54) is 6.07 Å². The van der Waals surface area contributed by atoms with Gasteiger partial charge in [-0.2, -0.15) is 0 Å². The van der Waals surface area contributed by atoms with Crippen molar-refractivity contribution in [1.29, 1.82) is 0 Å². The number of hydrogen-bond acceptors (Lipinski definition) is 4. The Bertz CT molecular complexity index is 788. The minimum absolute atomic E-state index is 0.244. The lowest BCUT2D eigenvalue weighted by molar-refractivity contribution is 0.0939. The summed E-state index contributed by atoms with van der Waals surface area (Å²) in [6.07, 6.45) is -0.678. The Labute approximate surface area is 152 Å². The standard InChI is InChI=1S/C20H24FN3O2/c1-12(16-5-3-4-6-19(16)21)24-20(26)14-7-8-17(15-10-22-23-11-15)18(9-14)13(2)25/h3-9,12-13,15,22-23,25H,10-11H2,1-2H3,(H,24,26). The van der Waals surface area contributed by atoms with Gasteiger partial charge in [0.2, 0.25) is 0 Å². The maximum Gasteiger partial charge on any atom is 0.251 e. The van der Waals surface area contributed by atoms with Crippen molar-refractivity contribution in [2.24, 2.45) is 0 Å². The Morgan fingerprint density at radius 3 is 2.50 bits per heavy atom. The molecule has 2 aromatic rings. The average Bonchev–Trinajstić information content (AvgIpc) is 3.15. The second-order valence-corrected chi connectivity index (χ2v) is 6.70. The normalized spacial score (nSPS) is 17.1. The highest BCUT2D eigenvalue weighted by atomic mass is 19.1. The van der Waals surface area contributed by atoms with Crippen LogP contribution in [0, 0.1) is 5.82 Å². The number of carbonyl (C=O) groups excluding carboxylic acids is 1. The molecular formula is C20H24FN3O2. The molecule has 5 nitrogen and oxygen atoms in total. The van der Waals surface area contributed by atoms with E-state index in [1.807, 2.05) is 6.07 Å². The van der Waals surface area contributed by atoms with Gasteiger partial charge >= 0.3 is 0 Å². The van der Waals surface area contributed by atoms with Crippen LogP contribution >= 0.6 is 0 Å². The van der Waals surface area contributed by atoms with E-state index in [9.17, 15) is 14.3 Å². The van der Waals surface area contributed by atoms with Gasteiger partial charge in [-0.25, -0.2) is 4.39 Å². The topological polar surface area (TPSA) is 73.4 Å².